The van der Waals surface area contributed by atoms with Gasteiger partial charge >= 0.3 is 17.9 Å². The van der Waals surface area contributed by atoms with Crippen molar-refractivity contribution in [3.8, 4) is 0 Å². The van der Waals surface area contributed by atoms with Crippen molar-refractivity contribution in [2.75, 3.05) is 13.2 Å². The van der Waals surface area contributed by atoms with Crippen LogP contribution >= 0.6 is 0 Å². The van der Waals surface area contributed by atoms with Gasteiger partial charge in [0.2, 0.25) is 0 Å². The van der Waals surface area contributed by atoms with Crippen molar-refractivity contribution in [3.05, 3.63) is 36.5 Å². The molecule has 0 aliphatic heterocycles. The van der Waals surface area contributed by atoms with Gasteiger partial charge in [0, 0.05) is 19.3 Å². The van der Waals surface area contributed by atoms with E-state index in [9.17, 15) is 14.4 Å². The molecule has 0 amide bonds. The molecular formula is C58H106O6. The van der Waals surface area contributed by atoms with Gasteiger partial charge in [0.1, 0.15) is 13.2 Å². The van der Waals surface area contributed by atoms with Gasteiger partial charge in [-0.1, -0.05) is 243 Å². The van der Waals surface area contributed by atoms with E-state index in [4.69, 9.17) is 14.2 Å². The maximum Gasteiger partial charge on any atom is 0.306 e. The van der Waals surface area contributed by atoms with Gasteiger partial charge in [0.05, 0.1) is 0 Å². The molecule has 64 heavy (non-hydrogen) atoms. The molecule has 0 aromatic rings. The van der Waals surface area contributed by atoms with Crippen molar-refractivity contribution in [2.45, 2.75) is 303 Å². The Morgan fingerprint density at radius 2 is 0.609 bits per heavy atom. The van der Waals surface area contributed by atoms with E-state index in [1.165, 1.54) is 167 Å². The van der Waals surface area contributed by atoms with Crippen molar-refractivity contribution in [3.63, 3.8) is 0 Å². The summed E-state index contributed by atoms with van der Waals surface area (Å²) in [5.74, 6) is -0.886. The number of esters is 3. The molecule has 1 atom stereocenters. The second kappa shape index (κ2) is 53.2. The summed E-state index contributed by atoms with van der Waals surface area (Å²) in [6, 6.07) is 0. The molecule has 6 heteroatoms. The molecule has 0 aromatic heterocycles. The molecule has 0 fully saturated rings. The minimum atomic E-state index is -0.779. The van der Waals surface area contributed by atoms with Crippen LogP contribution in [0.1, 0.15) is 297 Å². The Morgan fingerprint density at radius 1 is 0.328 bits per heavy atom. The lowest BCUT2D eigenvalue weighted by molar-refractivity contribution is -0.167. The largest absolute Gasteiger partial charge is 0.462 e. The number of rotatable bonds is 51. The van der Waals surface area contributed by atoms with Crippen LogP contribution in [-0.2, 0) is 28.6 Å². The van der Waals surface area contributed by atoms with Crippen molar-refractivity contribution in [2.24, 2.45) is 0 Å². The lowest BCUT2D eigenvalue weighted by Gasteiger charge is -2.18. The predicted molar refractivity (Wildman–Crippen MR) is 275 cm³/mol. The zero-order chi connectivity index (χ0) is 46.5. The van der Waals surface area contributed by atoms with Crippen molar-refractivity contribution < 1.29 is 28.6 Å². The molecule has 0 saturated heterocycles. The number of allylic oxidation sites excluding steroid dienone is 6. The summed E-state index contributed by atoms with van der Waals surface area (Å²) in [5, 5.41) is 0. The van der Waals surface area contributed by atoms with Crippen LogP contribution in [0.2, 0.25) is 0 Å². The van der Waals surface area contributed by atoms with Crippen LogP contribution in [0.15, 0.2) is 36.5 Å². The molecule has 0 heterocycles. The molecule has 1 unspecified atom stereocenters. The molecule has 0 aliphatic carbocycles. The topological polar surface area (TPSA) is 78.9 Å². The highest BCUT2D eigenvalue weighted by molar-refractivity contribution is 5.71. The van der Waals surface area contributed by atoms with Crippen LogP contribution < -0.4 is 0 Å². The van der Waals surface area contributed by atoms with Gasteiger partial charge in [0.15, 0.2) is 6.10 Å². The minimum Gasteiger partial charge on any atom is -0.462 e. The third-order valence-electron chi connectivity index (χ3n) is 12.4. The molecule has 0 N–H and O–H groups in total. The van der Waals surface area contributed by atoms with Crippen LogP contribution in [0.25, 0.3) is 0 Å². The first kappa shape index (κ1) is 61.6. The van der Waals surface area contributed by atoms with Crippen LogP contribution in [-0.4, -0.2) is 37.2 Å². The van der Waals surface area contributed by atoms with E-state index in [1.54, 1.807) is 0 Å². The number of hydrogen-bond donors (Lipinski definition) is 0. The second-order valence-electron chi connectivity index (χ2n) is 18.8. The quantitative estimate of drug-likeness (QED) is 0.0262. The molecule has 0 aliphatic rings. The highest BCUT2D eigenvalue weighted by Crippen LogP contribution is 2.16. The molecular weight excluding hydrogens is 793 g/mol. The Kier molecular flexibility index (Phi) is 51.3. The van der Waals surface area contributed by atoms with Gasteiger partial charge in [-0.25, -0.2) is 0 Å². The fourth-order valence-electron chi connectivity index (χ4n) is 8.18. The molecule has 0 saturated carbocycles. The van der Waals surface area contributed by atoms with Crippen molar-refractivity contribution in [1.82, 2.24) is 0 Å². The lowest BCUT2D eigenvalue weighted by Crippen LogP contribution is -2.30. The Labute approximate surface area is 397 Å². The van der Waals surface area contributed by atoms with Gasteiger partial charge in [-0.2, -0.15) is 0 Å². The summed E-state index contributed by atoms with van der Waals surface area (Å²) in [6.45, 7) is 6.54. The average molecular weight is 899 g/mol. The van der Waals surface area contributed by atoms with Crippen LogP contribution in [0.4, 0.5) is 0 Å². The zero-order valence-corrected chi connectivity index (χ0v) is 42.8. The maximum atomic E-state index is 12.8. The highest BCUT2D eigenvalue weighted by Gasteiger charge is 2.19. The van der Waals surface area contributed by atoms with E-state index in [0.29, 0.717) is 19.3 Å². The number of unbranched alkanes of at least 4 members (excludes halogenated alkanes) is 34. The van der Waals surface area contributed by atoms with E-state index in [-0.39, 0.29) is 31.1 Å². The average Bonchev–Trinajstić information content (AvgIpc) is 3.29. The first-order valence-corrected chi connectivity index (χ1v) is 28.0. The molecule has 374 valence electrons. The summed E-state index contributed by atoms with van der Waals surface area (Å²) in [4.78, 5) is 38.1. The third-order valence-corrected chi connectivity index (χ3v) is 12.4. The van der Waals surface area contributed by atoms with Gasteiger partial charge in [-0.3, -0.25) is 14.4 Å². The Balaban J connectivity index is 4.33. The Bertz CT molecular complexity index is 1080. The summed E-state index contributed by atoms with van der Waals surface area (Å²) in [6.07, 6.45) is 62.8. The van der Waals surface area contributed by atoms with Crippen molar-refractivity contribution >= 4 is 17.9 Å². The molecule has 6 nitrogen and oxygen atoms in total. The summed E-state index contributed by atoms with van der Waals surface area (Å²) in [5.41, 5.74) is 0. The smallest absolute Gasteiger partial charge is 0.306 e. The standard InChI is InChI=1S/C58H106O6/c1-4-7-10-13-16-19-22-25-27-29-30-32-33-36-39-42-45-48-51-57(60)63-54-55(53-62-56(59)50-47-44-41-38-35-24-21-18-15-12-9-6-3)64-58(61)52-49-46-43-40-37-34-31-28-26-23-20-17-14-11-8-5-2/h9,12,18,21,28,31,55H,4-8,10-11,13-17,19-20,22-27,29-30,32-54H2,1-3H3/b12-9-,21-18-,31-28-. The highest BCUT2D eigenvalue weighted by atomic mass is 16.6. The Hall–Kier alpha value is -2.37. The van der Waals surface area contributed by atoms with Crippen molar-refractivity contribution in [1.29, 1.82) is 0 Å². The second-order valence-corrected chi connectivity index (χ2v) is 18.8. The SMILES string of the molecule is CC/C=C\C/C=C\CCCCCCCC(=O)OCC(COC(=O)CCCCCCCCCCCCCCCCCCCC)OC(=O)CCCCCCC/C=C\CCCCCCCCC. The zero-order valence-electron chi connectivity index (χ0n) is 42.8. The Morgan fingerprint density at radius 3 is 0.953 bits per heavy atom. The molecule has 0 spiro atoms. The minimum absolute atomic E-state index is 0.0767. The van der Waals surface area contributed by atoms with Crippen LogP contribution in [0, 0.1) is 0 Å². The van der Waals surface area contributed by atoms with E-state index < -0.39 is 6.10 Å². The van der Waals surface area contributed by atoms with E-state index >= 15 is 0 Å². The van der Waals surface area contributed by atoms with Gasteiger partial charge in [-0.05, 0) is 70.6 Å². The lowest BCUT2D eigenvalue weighted by atomic mass is 10.0. The fourth-order valence-corrected chi connectivity index (χ4v) is 8.18. The van der Waals surface area contributed by atoms with E-state index in [1.807, 2.05) is 0 Å². The number of hydrogen-bond acceptors (Lipinski definition) is 6. The maximum absolute atomic E-state index is 12.8. The summed E-state index contributed by atoms with van der Waals surface area (Å²) in [7, 11) is 0. The van der Waals surface area contributed by atoms with Crippen LogP contribution in [0.3, 0.4) is 0 Å². The molecule has 0 aromatic carbocycles. The monoisotopic (exact) mass is 899 g/mol. The van der Waals surface area contributed by atoms with Crippen LogP contribution in [0.5, 0.6) is 0 Å². The van der Waals surface area contributed by atoms with E-state index in [2.05, 4.69) is 57.2 Å². The van der Waals surface area contributed by atoms with Gasteiger partial charge in [-0.15, -0.1) is 0 Å². The van der Waals surface area contributed by atoms with Gasteiger partial charge < -0.3 is 14.2 Å². The van der Waals surface area contributed by atoms with E-state index in [0.717, 1.165) is 89.9 Å². The first-order chi connectivity index (χ1) is 31.5. The fraction of sp³-hybridized carbons (Fsp3) is 0.845. The molecule has 0 rings (SSSR count). The normalized spacial score (nSPS) is 12.2. The molecule has 0 bridgehead atoms. The number of carbonyl (C=O) groups excluding carboxylic acids is 3. The number of ether oxygens (including phenoxy) is 3. The summed E-state index contributed by atoms with van der Waals surface area (Å²) >= 11 is 0. The predicted octanol–water partition coefficient (Wildman–Crippen LogP) is 18.5. The summed E-state index contributed by atoms with van der Waals surface area (Å²) < 4.78 is 16.8. The molecule has 0 radical (unpaired) electrons. The number of carbonyl (C=O) groups is 3. The van der Waals surface area contributed by atoms with Gasteiger partial charge in [0.25, 0.3) is 0 Å². The third kappa shape index (κ3) is 50.6. The first-order valence-electron chi connectivity index (χ1n) is 28.0.